The van der Waals surface area contributed by atoms with Crippen molar-refractivity contribution < 1.29 is 9.59 Å². The van der Waals surface area contributed by atoms with E-state index in [0.717, 1.165) is 54.3 Å². The Kier molecular flexibility index (Phi) is 4.84. The lowest BCUT2D eigenvalue weighted by molar-refractivity contribution is -0.121. The van der Waals surface area contributed by atoms with E-state index in [1.54, 1.807) is 0 Å². The van der Waals surface area contributed by atoms with E-state index in [-0.39, 0.29) is 23.8 Å². The molecule has 1 aliphatic heterocycles. The van der Waals surface area contributed by atoms with E-state index in [4.69, 9.17) is 0 Å². The molecular formula is C26H29N3O2. The van der Waals surface area contributed by atoms with Crippen molar-refractivity contribution >= 4 is 28.4 Å². The van der Waals surface area contributed by atoms with Gasteiger partial charge in [0.05, 0.1) is 11.5 Å². The number of hydrogen-bond donors (Lipinski definition) is 2. The smallest absolute Gasteiger partial charge is 0.254 e. The number of amides is 2. The third-order valence-electron chi connectivity index (χ3n) is 7.32. The van der Waals surface area contributed by atoms with Crippen LogP contribution >= 0.6 is 0 Å². The second-order valence-corrected chi connectivity index (χ2v) is 9.03. The van der Waals surface area contributed by atoms with Gasteiger partial charge in [-0.1, -0.05) is 38.0 Å². The number of nitrogens with zero attached hydrogens (tertiary/aromatic N) is 1. The molecule has 1 aromatic heterocycles. The average Bonchev–Trinajstić information content (AvgIpc) is 3.43. The summed E-state index contributed by atoms with van der Waals surface area (Å²) in [7, 11) is 0. The highest BCUT2D eigenvalue weighted by Gasteiger charge is 2.56. The van der Waals surface area contributed by atoms with E-state index >= 15 is 0 Å². The van der Waals surface area contributed by atoms with Gasteiger partial charge in [-0.3, -0.25) is 9.59 Å². The van der Waals surface area contributed by atoms with Crippen LogP contribution in [0.1, 0.15) is 67.8 Å². The lowest BCUT2D eigenvalue weighted by Gasteiger charge is -2.52. The molecule has 1 saturated carbocycles. The zero-order valence-corrected chi connectivity index (χ0v) is 18.2. The fraction of sp³-hybridized carbons (Fsp3) is 0.385. The van der Waals surface area contributed by atoms with Crippen molar-refractivity contribution in [3.63, 3.8) is 0 Å². The molecular weight excluding hydrogens is 386 g/mol. The highest BCUT2D eigenvalue weighted by molar-refractivity contribution is 6.05. The van der Waals surface area contributed by atoms with Crippen molar-refractivity contribution in [1.82, 2.24) is 9.88 Å². The fourth-order valence-corrected chi connectivity index (χ4v) is 5.77. The molecule has 5 heteroatoms. The van der Waals surface area contributed by atoms with Crippen LogP contribution in [0.25, 0.3) is 10.9 Å². The topological polar surface area (TPSA) is 65.2 Å². The fourth-order valence-electron chi connectivity index (χ4n) is 5.77. The number of anilines is 1. The van der Waals surface area contributed by atoms with Gasteiger partial charge < -0.3 is 15.2 Å². The van der Waals surface area contributed by atoms with Gasteiger partial charge in [0.1, 0.15) is 0 Å². The molecule has 5 nitrogen and oxygen atoms in total. The molecule has 5 rings (SSSR count). The summed E-state index contributed by atoms with van der Waals surface area (Å²) in [5.41, 5.74) is 2.91. The molecule has 2 amide bonds. The number of nitrogens with one attached hydrogen (secondary N) is 2. The van der Waals surface area contributed by atoms with Gasteiger partial charge in [-0.25, -0.2) is 0 Å². The SMILES string of the molecule is CC[C@@H](C)N1C(=O)c2ccccc2[C@H](C(=O)Nc2ccc3[nH]ccc3c2)C12CCCC2. The number of carbonyl (C=O) groups is 2. The summed E-state index contributed by atoms with van der Waals surface area (Å²) in [6.07, 6.45) is 6.59. The van der Waals surface area contributed by atoms with Gasteiger partial charge in [-0.2, -0.15) is 0 Å². The normalized spacial score (nSPS) is 20.8. The molecule has 2 N–H and O–H groups in total. The van der Waals surface area contributed by atoms with Crippen molar-refractivity contribution in [3.8, 4) is 0 Å². The Balaban J connectivity index is 1.60. The van der Waals surface area contributed by atoms with Crippen LogP contribution in [0.4, 0.5) is 5.69 Å². The molecule has 0 saturated heterocycles. The first-order valence-corrected chi connectivity index (χ1v) is 11.4. The number of fused-ring (bicyclic) bond motifs is 2. The zero-order chi connectivity index (χ0) is 21.6. The summed E-state index contributed by atoms with van der Waals surface area (Å²) < 4.78 is 0. The predicted octanol–water partition coefficient (Wildman–Crippen LogP) is 5.46. The van der Waals surface area contributed by atoms with Crippen LogP contribution in [-0.2, 0) is 4.79 Å². The Morgan fingerprint density at radius 3 is 2.74 bits per heavy atom. The van der Waals surface area contributed by atoms with Crippen molar-refractivity contribution in [2.24, 2.45) is 0 Å². The number of benzene rings is 2. The molecule has 2 aromatic carbocycles. The zero-order valence-electron chi connectivity index (χ0n) is 18.2. The second-order valence-electron chi connectivity index (χ2n) is 9.03. The molecule has 1 fully saturated rings. The second kappa shape index (κ2) is 7.56. The Hall–Kier alpha value is -3.08. The molecule has 0 unspecified atom stereocenters. The van der Waals surface area contributed by atoms with Crippen LogP contribution in [0.15, 0.2) is 54.7 Å². The van der Waals surface area contributed by atoms with E-state index in [0.29, 0.717) is 5.56 Å². The van der Waals surface area contributed by atoms with Gasteiger partial charge >= 0.3 is 0 Å². The Labute approximate surface area is 182 Å². The van der Waals surface area contributed by atoms with Gasteiger partial charge in [0, 0.05) is 34.4 Å². The Morgan fingerprint density at radius 1 is 1.19 bits per heavy atom. The summed E-state index contributed by atoms with van der Waals surface area (Å²) >= 11 is 0. The van der Waals surface area contributed by atoms with E-state index in [1.807, 2.05) is 54.7 Å². The van der Waals surface area contributed by atoms with Gasteiger partial charge in [-0.15, -0.1) is 0 Å². The van der Waals surface area contributed by atoms with Crippen LogP contribution in [-0.4, -0.2) is 33.3 Å². The van der Waals surface area contributed by atoms with Crippen molar-refractivity contribution in [1.29, 1.82) is 0 Å². The van der Waals surface area contributed by atoms with Crippen LogP contribution in [0.2, 0.25) is 0 Å². The third-order valence-corrected chi connectivity index (χ3v) is 7.32. The third kappa shape index (κ3) is 3.06. The summed E-state index contributed by atoms with van der Waals surface area (Å²) in [4.78, 5) is 32.7. The molecule has 2 aliphatic rings. The summed E-state index contributed by atoms with van der Waals surface area (Å²) in [6, 6.07) is 15.7. The Bertz CT molecular complexity index is 1140. The minimum atomic E-state index is -0.455. The van der Waals surface area contributed by atoms with Crippen LogP contribution < -0.4 is 5.32 Å². The quantitative estimate of drug-likeness (QED) is 0.594. The standard InChI is InChI=1S/C26H29N3O2/c1-3-17(2)29-25(31)21-9-5-4-8-20(21)23(26(29)13-6-7-14-26)24(30)28-19-10-11-22-18(16-19)12-15-27-22/h4-5,8-12,15-17,23,27H,3,6-7,13-14H2,1-2H3,(H,28,30)/t17-,23-/m1/s1. The van der Waals surface area contributed by atoms with Crippen molar-refractivity contribution in [2.45, 2.75) is 63.5 Å². The monoisotopic (exact) mass is 415 g/mol. The molecule has 1 aliphatic carbocycles. The number of aromatic amines is 1. The minimum absolute atomic E-state index is 0.0231. The minimum Gasteiger partial charge on any atom is -0.361 e. The van der Waals surface area contributed by atoms with E-state index in [2.05, 4.69) is 29.0 Å². The lowest BCUT2D eigenvalue weighted by atomic mass is 9.70. The highest BCUT2D eigenvalue weighted by atomic mass is 16.2. The maximum absolute atomic E-state index is 13.9. The van der Waals surface area contributed by atoms with Gasteiger partial charge in [0.25, 0.3) is 5.91 Å². The largest absolute Gasteiger partial charge is 0.361 e. The van der Waals surface area contributed by atoms with Crippen LogP contribution in [0.3, 0.4) is 0 Å². The first-order chi connectivity index (χ1) is 15.0. The van der Waals surface area contributed by atoms with Crippen LogP contribution in [0.5, 0.6) is 0 Å². The van der Waals surface area contributed by atoms with Crippen molar-refractivity contribution in [2.75, 3.05) is 5.32 Å². The lowest BCUT2D eigenvalue weighted by Crippen LogP contribution is -2.62. The number of hydrogen-bond acceptors (Lipinski definition) is 2. The molecule has 2 atom stereocenters. The number of rotatable bonds is 4. The molecule has 31 heavy (non-hydrogen) atoms. The molecule has 2 heterocycles. The summed E-state index contributed by atoms with van der Waals surface area (Å²) in [5.74, 6) is -0.325. The van der Waals surface area contributed by atoms with E-state index < -0.39 is 5.54 Å². The molecule has 0 radical (unpaired) electrons. The number of H-pyrrole nitrogens is 1. The first-order valence-electron chi connectivity index (χ1n) is 11.4. The molecule has 0 bridgehead atoms. The summed E-state index contributed by atoms with van der Waals surface area (Å²) in [6.45, 7) is 4.23. The van der Waals surface area contributed by atoms with Gasteiger partial charge in [-0.05, 0) is 62.1 Å². The first kappa shape index (κ1) is 19.9. The number of aromatic nitrogens is 1. The molecule has 160 valence electrons. The molecule has 3 aromatic rings. The van der Waals surface area contributed by atoms with Gasteiger partial charge in [0.2, 0.25) is 5.91 Å². The van der Waals surface area contributed by atoms with E-state index in [9.17, 15) is 9.59 Å². The maximum Gasteiger partial charge on any atom is 0.254 e. The van der Waals surface area contributed by atoms with Crippen molar-refractivity contribution in [3.05, 3.63) is 65.9 Å². The average molecular weight is 416 g/mol. The van der Waals surface area contributed by atoms with Gasteiger partial charge in [0.15, 0.2) is 0 Å². The highest BCUT2D eigenvalue weighted by Crippen LogP contribution is 2.51. The predicted molar refractivity (Wildman–Crippen MR) is 123 cm³/mol. The van der Waals surface area contributed by atoms with E-state index in [1.165, 1.54) is 0 Å². The van der Waals surface area contributed by atoms with Crippen LogP contribution in [0, 0.1) is 0 Å². The number of carbonyl (C=O) groups excluding carboxylic acids is 2. The maximum atomic E-state index is 13.9. The summed E-state index contributed by atoms with van der Waals surface area (Å²) in [5, 5.41) is 4.25. The Morgan fingerprint density at radius 2 is 1.97 bits per heavy atom. The molecule has 1 spiro atoms.